The molecule has 0 heterocycles. The average Bonchev–Trinajstić information content (AvgIpc) is 3.23. The largest absolute Gasteiger partial charge is 0.497 e. The second-order valence-electron chi connectivity index (χ2n) is 5.07. The normalized spacial score (nSPS) is 14.2. The molecule has 104 valence electrons. The second-order valence-corrected chi connectivity index (χ2v) is 5.07. The minimum Gasteiger partial charge on any atom is -0.497 e. The summed E-state index contributed by atoms with van der Waals surface area (Å²) in [5, 5.41) is 7.75. The van der Waals surface area contributed by atoms with Gasteiger partial charge in [0.1, 0.15) is 11.6 Å². The molecule has 0 amide bonds. The Morgan fingerprint density at radius 2 is 2.21 bits per heavy atom. The van der Waals surface area contributed by atoms with Gasteiger partial charge in [-0.15, -0.1) is 0 Å². The first-order valence-corrected chi connectivity index (χ1v) is 6.96. The fourth-order valence-corrected chi connectivity index (χ4v) is 2.32. The minimum atomic E-state index is 0.125. The topological polar surface area (TPSA) is 62.3 Å². The lowest BCUT2D eigenvalue weighted by Gasteiger charge is -2.27. The van der Waals surface area contributed by atoms with Crippen LogP contribution in [0.15, 0.2) is 18.2 Å². The number of hydrogen-bond acceptors (Lipinski definition) is 3. The molecule has 0 saturated heterocycles. The number of benzene rings is 1. The number of rotatable bonds is 7. The van der Waals surface area contributed by atoms with E-state index in [-0.39, 0.29) is 5.84 Å². The lowest BCUT2D eigenvalue weighted by Crippen LogP contribution is -2.29. The van der Waals surface area contributed by atoms with Crippen LogP contribution in [-0.2, 0) is 0 Å². The summed E-state index contributed by atoms with van der Waals surface area (Å²) < 4.78 is 5.31. The molecule has 1 aliphatic rings. The second kappa shape index (κ2) is 5.95. The molecule has 0 radical (unpaired) electrons. The number of nitrogens with two attached hydrogens (primary N) is 1. The molecule has 0 atom stereocenters. The molecule has 1 aromatic rings. The summed E-state index contributed by atoms with van der Waals surface area (Å²) in [6.07, 6.45) is 4.80. The van der Waals surface area contributed by atoms with Crippen molar-refractivity contribution < 1.29 is 4.74 Å². The average molecular weight is 261 g/mol. The van der Waals surface area contributed by atoms with E-state index in [0.717, 1.165) is 30.0 Å². The standard InChI is InChI=1S/C15H23N3O/c1-3-4-9-18(11-5-6-11)14-10-12(19-2)7-8-13(14)15(16)17/h7-8,10-11H,3-6,9H2,1-2H3,(H3,16,17). The van der Waals surface area contributed by atoms with Crippen molar-refractivity contribution in [1.29, 1.82) is 5.41 Å². The summed E-state index contributed by atoms with van der Waals surface area (Å²) in [4.78, 5) is 2.39. The summed E-state index contributed by atoms with van der Waals surface area (Å²) in [6.45, 7) is 3.22. The van der Waals surface area contributed by atoms with Crippen molar-refractivity contribution in [3.05, 3.63) is 23.8 Å². The van der Waals surface area contributed by atoms with Gasteiger partial charge in [-0.25, -0.2) is 0 Å². The smallest absolute Gasteiger partial charge is 0.124 e. The predicted molar refractivity (Wildman–Crippen MR) is 79.3 cm³/mol. The Hall–Kier alpha value is -1.71. The van der Waals surface area contributed by atoms with Crippen molar-refractivity contribution >= 4 is 11.5 Å². The zero-order chi connectivity index (χ0) is 13.8. The Kier molecular flexibility index (Phi) is 4.30. The van der Waals surface area contributed by atoms with Gasteiger partial charge in [0.2, 0.25) is 0 Å². The van der Waals surface area contributed by atoms with E-state index < -0.39 is 0 Å². The molecule has 0 aliphatic heterocycles. The number of unbranched alkanes of at least 4 members (excludes halogenated alkanes) is 1. The number of methoxy groups -OCH3 is 1. The maximum atomic E-state index is 7.75. The van der Waals surface area contributed by atoms with Gasteiger partial charge in [0.25, 0.3) is 0 Å². The monoisotopic (exact) mass is 261 g/mol. The number of nitrogens with one attached hydrogen (secondary N) is 1. The van der Waals surface area contributed by atoms with Gasteiger partial charge >= 0.3 is 0 Å². The molecule has 19 heavy (non-hydrogen) atoms. The number of amidine groups is 1. The lowest BCUT2D eigenvalue weighted by atomic mass is 10.1. The highest BCUT2D eigenvalue weighted by Gasteiger charge is 2.30. The predicted octanol–water partition coefficient (Wildman–Crippen LogP) is 2.75. The van der Waals surface area contributed by atoms with Crippen LogP contribution in [0.3, 0.4) is 0 Å². The lowest BCUT2D eigenvalue weighted by molar-refractivity contribution is 0.414. The van der Waals surface area contributed by atoms with Crippen LogP contribution in [0.2, 0.25) is 0 Å². The number of nitrogens with zero attached hydrogens (tertiary/aromatic N) is 1. The SMILES string of the molecule is CCCCN(c1cc(OC)ccc1C(=N)N)C1CC1. The third-order valence-electron chi connectivity index (χ3n) is 3.54. The Morgan fingerprint density at radius 1 is 1.47 bits per heavy atom. The van der Waals surface area contributed by atoms with Gasteiger partial charge in [0.15, 0.2) is 0 Å². The number of hydrogen-bond donors (Lipinski definition) is 2. The van der Waals surface area contributed by atoms with E-state index in [9.17, 15) is 0 Å². The third kappa shape index (κ3) is 3.19. The molecule has 4 heteroatoms. The molecule has 2 rings (SSSR count). The van der Waals surface area contributed by atoms with Crippen molar-refractivity contribution in [3.8, 4) is 5.75 Å². The third-order valence-corrected chi connectivity index (χ3v) is 3.54. The minimum absolute atomic E-state index is 0.125. The van der Waals surface area contributed by atoms with Gasteiger partial charge in [-0.05, 0) is 31.4 Å². The van der Waals surface area contributed by atoms with Gasteiger partial charge < -0.3 is 15.4 Å². The summed E-state index contributed by atoms with van der Waals surface area (Å²) in [5.74, 6) is 0.946. The maximum Gasteiger partial charge on any atom is 0.124 e. The van der Waals surface area contributed by atoms with Crippen molar-refractivity contribution in [2.45, 2.75) is 38.6 Å². The molecule has 1 aromatic carbocycles. The molecule has 0 unspecified atom stereocenters. The van der Waals surface area contributed by atoms with Crippen LogP contribution >= 0.6 is 0 Å². The molecule has 3 N–H and O–H groups in total. The number of ether oxygens (including phenoxy) is 1. The summed E-state index contributed by atoms with van der Waals surface area (Å²) in [6, 6.07) is 6.37. The van der Waals surface area contributed by atoms with Gasteiger partial charge in [0.05, 0.1) is 12.8 Å². The van der Waals surface area contributed by atoms with E-state index in [2.05, 4.69) is 11.8 Å². The summed E-state index contributed by atoms with van der Waals surface area (Å²) >= 11 is 0. The highest BCUT2D eigenvalue weighted by atomic mass is 16.5. The number of anilines is 1. The van der Waals surface area contributed by atoms with Crippen LogP contribution in [0.25, 0.3) is 0 Å². The first-order valence-electron chi connectivity index (χ1n) is 6.96. The van der Waals surface area contributed by atoms with Crippen LogP contribution in [-0.4, -0.2) is 25.5 Å². The fourth-order valence-electron chi connectivity index (χ4n) is 2.32. The summed E-state index contributed by atoms with van der Waals surface area (Å²) in [7, 11) is 1.67. The van der Waals surface area contributed by atoms with Gasteiger partial charge in [-0.3, -0.25) is 5.41 Å². The first kappa shape index (κ1) is 13.7. The number of nitrogen functional groups attached to an aromatic ring is 1. The molecule has 0 bridgehead atoms. The van der Waals surface area contributed by atoms with E-state index in [1.807, 2.05) is 18.2 Å². The zero-order valence-electron chi connectivity index (χ0n) is 11.8. The highest BCUT2D eigenvalue weighted by Crippen LogP contribution is 2.35. The summed E-state index contributed by atoms with van der Waals surface area (Å²) in [5.41, 5.74) is 7.56. The molecular weight excluding hydrogens is 238 g/mol. The first-order chi connectivity index (χ1) is 9.17. The quantitative estimate of drug-likeness (QED) is 0.586. The molecular formula is C15H23N3O. The van der Waals surface area contributed by atoms with E-state index >= 15 is 0 Å². The molecule has 1 fully saturated rings. The van der Waals surface area contributed by atoms with Crippen LogP contribution < -0.4 is 15.4 Å². The zero-order valence-corrected chi connectivity index (χ0v) is 11.8. The van der Waals surface area contributed by atoms with Crippen molar-refractivity contribution in [1.82, 2.24) is 0 Å². The van der Waals surface area contributed by atoms with Crippen LogP contribution in [0.4, 0.5) is 5.69 Å². The van der Waals surface area contributed by atoms with Crippen LogP contribution in [0.1, 0.15) is 38.2 Å². The molecule has 1 aliphatic carbocycles. The fraction of sp³-hybridized carbons (Fsp3) is 0.533. The van der Waals surface area contributed by atoms with Crippen molar-refractivity contribution in [3.63, 3.8) is 0 Å². The van der Waals surface area contributed by atoms with E-state index in [1.54, 1.807) is 7.11 Å². The maximum absolute atomic E-state index is 7.75. The van der Waals surface area contributed by atoms with E-state index in [1.165, 1.54) is 19.3 Å². The van der Waals surface area contributed by atoms with Crippen molar-refractivity contribution in [2.75, 3.05) is 18.6 Å². The molecule has 4 nitrogen and oxygen atoms in total. The van der Waals surface area contributed by atoms with Gasteiger partial charge in [0, 0.05) is 24.2 Å². The van der Waals surface area contributed by atoms with Crippen LogP contribution in [0.5, 0.6) is 5.75 Å². The van der Waals surface area contributed by atoms with Gasteiger partial charge in [-0.1, -0.05) is 13.3 Å². The van der Waals surface area contributed by atoms with Gasteiger partial charge in [-0.2, -0.15) is 0 Å². The Balaban J connectivity index is 2.34. The van der Waals surface area contributed by atoms with Crippen LogP contribution in [0, 0.1) is 5.41 Å². The Bertz CT molecular complexity index is 455. The molecule has 1 saturated carbocycles. The van der Waals surface area contributed by atoms with Crippen molar-refractivity contribution in [2.24, 2.45) is 5.73 Å². The molecule has 0 aromatic heterocycles. The Labute approximate surface area is 115 Å². The molecule has 0 spiro atoms. The highest BCUT2D eigenvalue weighted by molar-refractivity contribution is 6.00. The van der Waals surface area contributed by atoms with E-state index in [0.29, 0.717) is 6.04 Å². The van der Waals surface area contributed by atoms with E-state index in [4.69, 9.17) is 15.9 Å². The Morgan fingerprint density at radius 3 is 2.74 bits per heavy atom.